The predicted molar refractivity (Wildman–Crippen MR) is 543 cm³/mol. The first-order chi connectivity index (χ1) is 62.4. The maximum atomic E-state index is 14.1. The van der Waals surface area contributed by atoms with E-state index in [4.69, 9.17) is 65.0 Å². The molecule has 5 aromatic carbocycles. The molecular weight excluding hydrogens is 1790 g/mol. The number of nitrogens with zero attached hydrogens (tertiary/aromatic N) is 13. The van der Waals surface area contributed by atoms with Gasteiger partial charge in [0, 0.05) is 95.6 Å². The molecule has 35 heteroatoms. The Hall–Kier alpha value is -12.4. The average Bonchev–Trinajstić information content (AvgIpc) is 0.845. The zero-order valence-electron chi connectivity index (χ0n) is 82.5. The standard InChI is InChI=1S/C18H23N3O2S.C17H22ClN3O.C17H22FN3O.C17H23N3O3S.C16H22N4O.C15H20N4O2S/c1-18(2,3)16-17(19)20-10-15(21-16)13-6-4-5-12(9-13)11-24(22,23)14-7-8-14;2*1-10(2)22-14-7-6-11(8-12(14)18)13-9-20-16(19)15(21-13)17(3,4)5;1-17(2,3)15-16(18)19-9-13(20-15)11-6-7-14(23-4)12(8-11)10-24(5,21)22;1-10(2)21-13-7-6-11(8-18-13)12-9-19-15(17)14(20-12)16(3,4)5;1-15(2,3)13-14(16)17-9-12(18-13)10-5-7-11(8-6-10)19-22(4,20)21/h4-6,9-10,14H,7-8,11H2,1-3H3,(H2,19,20);2*6-10H,1-5H3,(H2,19,20);6-9H,10H2,1-5H3,(H2,18,19);6-10H,1-5H3,(H2,17,19);5-9,19H,1-4H3,(H2,16,17). The first-order valence-corrected chi connectivity index (χ1v) is 50.0. The van der Waals surface area contributed by atoms with Gasteiger partial charge in [0.1, 0.15) is 46.4 Å². The van der Waals surface area contributed by atoms with Crippen LogP contribution in [0.15, 0.2) is 159 Å². The van der Waals surface area contributed by atoms with Crippen molar-refractivity contribution >= 4 is 81.9 Å². The van der Waals surface area contributed by atoms with Crippen molar-refractivity contribution in [3.8, 4) is 90.7 Å². The summed E-state index contributed by atoms with van der Waals surface area (Å²) in [5, 5.41) is 0.409. The fraction of sp³-hybridized carbons (Fsp3) is 0.410. The summed E-state index contributed by atoms with van der Waals surface area (Å²) in [5.41, 5.74) is 49.8. The third kappa shape index (κ3) is 32.1. The number of sulfone groups is 2. The molecule has 0 unspecified atom stereocenters. The Balaban J connectivity index is 0.000000199. The summed E-state index contributed by atoms with van der Waals surface area (Å²) >= 11 is 6.29. The van der Waals surface area contributed by atoms with Crippen LogP contribution in [-0.2, 0) is 73.7 Å². The summed E-state index contributed by atoms with van der Waals surface area (Å²) in [7, 11) is -7.98. The van der Waals surface area contributed by atoms with E-state index in [9.17, 15) is 29.6 Å². The van der Waals surface area contributed by atoms with Gasteiger partial charge in [0.2, 0.25) is 15.9 Å². The molecule has 1 aliphatic rings. The van der Waals surface area contributed by atoms with Gasteiger partial charge >= 0.3 is 0 Å². The minimum atomic E-state index is -3.28. The van der Waals surface area contributed by atoms with Crippen LogP contribution in [-0.4, -0.2) is 133 Å². The van der Waals surface area contributed by atoms with Crippen molar-refractivity contribution in [1.82, 2.24) is 64.8 Å². The van der Waals surface area contributed by atoms with Crippen LogP contribution in [0.25, 0.3) is 67.5 Å². The maximum Gasteiger partial charge on any atom is 0.229 e. The fourth-order valence-electron chi connectivity index (χ4n) is 13.3. The van der Waals surface area contributed by atoms with Gasteiger partial charge in [0.25, 0.3) is 0 Å². The molecule has 0 atom stereocenters. The fourth-order valence-corrected chi connectivity index (χ4v) is 16.6. The lowest BCUT2D eigenvalue weighted by Gasteiger charge is -2.20. The van der Waals surface area contributed by atoms with Crippen LogP contribution in [0.4, 0.5) is 45.0 Å². The molecule has 0 aliphatic heterocycles. The number of nitrogen functional groups attached to an aromatic ring is 6. The van der Waals surface area contributed by atoms with Crippen molar-refractivity contribution in [1.29, 1.82) is 0 Å². The van der Waals surface area contributed by atoms with E-state index in [0.29, 0.717) is 108 Å². The Morgan fingerprint density at radius 2 is 0.711 bits per heavy atom. The largest absolute Gasteiger partial charge is 0.496 e. The number of nitrogens with one attached hydrogen (secondary N) is 1. The lowest BCUT2D eigenvalue weighted by molar-refractivity contribution is 0.231. The molecule has 1 aliphatic carbocycles. The van der Waals surface area contributed by atoms with Gasteiger partial charge < -0.3 is 53.3 Å². The van der Waals surface area contributed by atoms with Gasteiger partial charge in [-0.1, -0.05) is 167 Å². The normalized spacial score (nSPS) is 12.6. The number of nitrogens with two attached hydrogens (primary N) is 6. The summed E-state index contributed by atoms with van der Waals surface area (Å²) in [4.78, 5) is 57.4. The Kier molecular flexibility index (Phi) is 35.1. The number of methoxy groups -OCH3 is 1. The Morgan fingerprint density at radius 3 is 1.04 bits per heavy atom. The topological polar surface area (TPSA) is 475 Å². The summed E-state index contributed by atoms with van der Waals surface area (Å²) < 4.78 is 108. The number of rotatable bonds is 20. The Bertz CT molecular complexity index is 6370. The van der Waals surface area contributed by atoms with Crippen molar-refractivity contribution in [3.05, 3.63) is 215 Å². The highest BCUT2D eigenvalue weighted by Crippen LogP contribution is 2.39. The van der Waals surface area contributed by atoms with E-state index in [1.54, 1.807) is 91.9 Å². The lowest BCUT2D eigenvalue weighted by Crippen LogP contribution is -2.17. The highest BCUT2D eigenvalue weighted by atomic mass is 35.5. The van der Waals surface area contributed by atoms with Crippen LogP contribution in [0.1, 0.15) is 224 Å². The predicted octanol–water partition coefficient (Wildman–Crippen LogP) is 19.7. The molecule has 0 amide bonds. The quantitative estimate of drug-likeness (QED) is 0.0372. The number of hydrogen-bond donors (Lipinski definition) is 7. The number of benzene rings is 5. The molecule has 7 aromatic heterocycles. The molecule has 0 radical (unpaired) electrons. The van der Waals surface area contributed by atoms with Gasteiger partial charge in [-0.2, -0.15) is 0 Å². The second kappa shape index (κ2) is 44.0. The van der Waals surface area contributed by atoms with Crippen LogP contribution >= 0.6 is 11.6 Å². The van der Waals surface area contributed by atoms with E-state index in [1.165, 1.54) is 19.4 Å². The summed E-state index contributed by atoms with van der Waals surface area (Å²) in [6.07, 6.45) is 15.5. The minimum Gasteiger partial charge on any atom is -0.496 e. The third-order valence-corrected chi connectivity index (χ3v) is 23.7. The van der Waals surface area contributed by atoms with E-state index in [2.05, 4.69) is 111 Å². The van der Waals surface area contributed by atoms with Crippen molar-refractivity contribution < 1.29 is 48.6 Å². The van der Waals surface area contributed by atoms with E-state index in [0.717, 1.165) is 86.6 Å². The van der Waals surface area contributed by atoms with Crippen LogP contribution in [0, 0.1) is 5.82 Å². The summed E-state index contributed by atoms with van der Waals surface area (Å²) in [5.74, 6) is 4.19. The van der Waals surface area contributed by atoms with Gasteiger partial charge in [-0.15, -0.1) is 0 Å². The third-order valence-electron chi connectivity index (χ3n) is 19.7. The zero-order chi connectivity index (χ0) is 101. The van der Waals surface area contributed by atoms with E-state index < -0.39 is 35.5 Å². The lowest BCUT2D eigenvalue weighted by atomic mass is 9.91. The van der Waals surface area contributed by atoms with Crippen molar-refractivity contribution in [2.24, 2.45) is 0 Å². The second-order valence-corrected chi connectivity index (χ2v) is 46.4. The molecular formula is C100H132ClFN20O10S3. The van der Waals surface area contributed by atoms with E-state index in [-0.39, 0.29) is 73.3 Å². The van der Waals surface area contributed by atoms with Gasteiger partial charge in [-0.3, -0.25) is 4.72 Å². The molecule has 0 spiro atoms. The number of anilines is 7. The average molecular weight is 1920 g/mol. The molecule has 7 heterocycles. The van der Waals surface area contributed by atoms with Gasteiger partial charge in [0.15, 0.2) is 31.2 Å². The smallest absolute Gasteiger partial charge is 0.229 e. The zero-order valence-corrected chi connectivity index (χ0v) is 85.7. The molecule has 724 valence electrons. The number of halogens is 2. The molecule has 135 heavy (non-hydrogen) atoms. The number of hydrogen-bond acceptors (Lipinski definition) is 29. The minimum absolute atomic E-state index is 0.0761. The number of aromatic nitrogens is 13. The SMILES string of the molecule is CC(C)(C)c1nc(-c2ccc(NS(C)(=O)=O)cc2)cnc1N.CC(C)(C)c1nc(-c2cccc(CS(=O)(=O)C3CC3)c2)cnc1N.CC(C)Oc1ccc(-c2cnc(N)c(C(C)(C)C)n2)cc1Cl.CC(C)Oc1ccc(-c2cnc(N)c(C(C)(C)C)n2)cc1F.CC(C)Oc1ccc(-c2cnc(N)c(C(C)(C)C)n2)cn1.COc1ccc(-c2cnc(N)c(C(C)(C)C)n2)cc1CS(C)(=O)=O. The van der Waals surface area contributed by atoms with Crippen molar-refractivity contribution in [2.45, 2.75) is 247 Å². The second-order valence-electron chi connectivity index (χ2n) is 39.9. The van der Waals surface area contributed by atoms with Crippen molar-refractivity contribution in [2.75, 3.05) is 58.7 Å². The van der Waals surface area contributed by atoms with E-state index >= 15 is 0 Å². The monoisotopic (exact) mass is 1920 g/mol. The van der Waals surface area contributed by atoms with Crippen LogP contribution < -0.4 is 58.1 Å². The molecule has 30 nitrogen and oxygen atoms in total. The number of sulfonamides is 1. The molecule has 13 rings (SSSR count). The molecule has 12 aromatic rings. The van der Waals surface area contributed by atoms with Crippen LogP contribution in [0.3, 0.4) is 0 Å². The summed E-state index contributed by atoms with van der Waals surface area (Å²) in [6, 6.07) is 34.0. The molecule has 0 bridgehead atoms. The van der Waals surface area contributed by atoms with Gasteiger partial charge in [-0.25, -0.2) is 94.4 Å². The highest BCUT2D eigenvalue weighted by Gasteiger charge is 2.36. The number of pyridine rings is 1. The van der Waals surface area contributed by atoms with Crippen LogP contribution in [0.2, 0.25) is 5.02 Å². The molecule has 13 N–H and O–H groups in total. The van der Waals surface area contributed by atoms with Gasteiger partial charge in [-0.05, 0) is 139 Å². The first-order valence-electron chi connectivity index (χ1n) is 44.0. The highest BCUT2D eigenvalue weighted by molar-refractivity contribution is 7.92. The Morgan fingerprint density at radius 1 is 0.385 bits per heavy atom. The van der Waals surface area contributed by atoms with Crippen molar-refractivity contribution in [3.63, 3.8) is 0 Å². The van der Waals surface area contributed by atoms with Crippen LogP contribution in [0.5, 0.6) is 23.1 Å². The molecule has 1 fully saturated rings. The van der Waals surface area contributed by atoms with Gasteiger partial charge in [0.05, 0.1) is 159 Å². The maximum absolute atomic E-state index is 14.1. The summed E-state index contributed by atoms with van der Waals surface area (Å²) in [6.45, 7) is 48.2. The van der Waals surface area contributed by atoms with E-state index in [1.807, 2.05) is 185 Å². The molecule has 0 saturated heterocycles. The molecule has 1 saturated carbocycles. The first kappa shape index (κ1) is 108. The number of ether oxygens (including phenoxy) is 4. The Labute approximate surface area is 800 Å².